The third kappa shape index (κ3) is 7.99. The largest absolute Gasteiger partial charge is 0.444 e. The fourth-order valence-electron chi connectivity index (χ4n) is 2.75. The minimum Gasteiger partial charge on any atom is -0.444 e. The van der Waals surface area contributed by atoms with E-state index in [1.165, 1.54) is 0 Å². The van der Waals surface area contributed by atoms with Crippen LogP contribution in [0.1, 0.15) is 59.3 Å². The molecule has 1 fully saturated rings. The first kappa shape index (κ1) is 19.2. The van der Waals surface area contributed by atoms with Gasteiger partial charge in [0, 0.05) is 26.8 Å². The van der Waals surface area contributed by atoms with E-state index in [0.29, 0.717) is 12.0 Å². The quantitative estimate of drug-likeness (QED) is 0.733. The summed E-state index contributed by atoms with van der Waals surface area (Å²) in [7, 11) is 1.81. The highest BCUT2D eigenvalue weighted by atomic mass is 16.6. The lowest BCUT2D eigenvalue weighted by atomic mass is 9.87. The number of unbranched alkanes of at least 4 members (excludes halogenated alkanes) is 1. The van der Waals surface area contributed by atoms with E-state index in [1.54, 1.807) is 4.90 Å². The monoisotopic (exact) mass is 315 g/mol. The van der Waals surface area contributed by atoms with Crippen LogP contribution in [0.15, 0.2) is 0 Å². The zero-order valence-corrected chi connectivity index (χ0v) is 14.6. The fourth-order valence-corrected chi connectivity index (χ4v) is 2.75. The van der Waals surface area contributed by atoms with Crippen molar-refractivity contribution >= 4 is 6.09 Å². The summed E-state index contributed by atoms with van der Waals surface area (Å²) in [6, 6.07) is 0. The van der Waals surface area contributed by atoms with Gasteiger partial charge in [-0.3, -0.25) is 0 Å². The van der Waals surface area contributed by atoms with Gasteiger partial charge in [0.05, 0.1) is 6.10 Å². The summed E-state index contributed by atoms with van der Waals surface area (Å²) in [5.74, 6) is 0.537. The molecule has 0 spiro atoms. The van der Waals surface area contributed by atoms with Gasteiger partial charge in [-0.2, -0.15) is 0 Å². The van der Waals surface area contributed by atoms with E-state index >= 15 is 0 Å². The molecule has 0 aliphatic heterocycles. The van der Waals surface area contributed by atoms with E-state index in [1.807, 2.05) is 27.8 Å². The van der Waals surface area contributed by atoms with Crippen molar-refractivity contribution in [1.82, 2.24) is 4.90 Å². The molecule has 0 radical (unpaired) electrons. The number of amides is 1. The van der Waals surface area contributed by atoms with Crippen LogP contribution < -0.4 is 0 Å². The van der Waals surface area contributed by atoms with Crippen LogP contribution in [0.25, 0.3) is 0 Å². The third-order valence-electron chi connectivity index (χ3n) is 3.94. The standard InChI is InChI=1S/C17H33NO4/c1-17(2,3)22-16(20)18(4)13-14-7-9-15(10-8-14)21-12-6-5-11-19/h14-15,19H,5-13H2,1-4H3. The number of hydrogen-bond acceptors (Lipinski definition) is 4. The Labute approximate surface area is 135 Å². The second-order valence-electron chi connectivity index (χ2n) is 7.31. The van der Waals surface area contributed by atoms with E-state index in [9.17, 15) is 4.79 Å². The Morgan fingerprint density at radius 3 is 2.36 bits per heavy atom. The molecular formula is C17H33NO4. The van der Waals surface area contributed by atoms with Crippen LogP contribution in [0.5, 0.6) is 0 Å². The maximum atomic E-state index is 12.0. The van der Waals surface area contributed by atoms with Crippen LogP contribution in [0, 0.1) is 5.92 Å². The van der Waals surface area contributed by atoms with Crippen LogP contribution in [0.4, 0.5) is 4.79 Å². The van der Waals surface area contributed by atoms with Gasteiger partial charge in [0.2, 0.25) is 0 Å². The van der Waals surface area contributed by atoms with Gasteiger partial charge < -0.3 is 19.5 Å². The molecule has 5 heteroatoms. The normalized spacial score (nSPS) is 22.4. The zero-order chi connectivity index (χ0) is 16.6. The lowest BCUT2D eigenvalue weighted by molar-refractivity contribution is 0.00601. The van der Waals surface area contributed by atoms with Crippen molar-refractivity contribution < 1.29 is 19.4 Å². The Kier molecular flexibility index (Phi) is 8.18. The van der Waals surface area contributed by atoms with Gasteiger partial charge >= 0.3 is 6.09 Å². The first-order valence-electron chi connectivity index (χ1n) is 8.48. The van der Waals surface area contributed by atoms with Gasteiger partial charge in [0.15, 0.2) is 0 Å². The smallest absolute Gasteiger partial charge is 0.410 e. The Morgan fingerprint density at radius 1 is 1.18 bits per heavy atom. The number of aliphatic hydroxyl groups excluding tert-OH is 1. The SMILES string of the molecule is CN(CC1CCC(OCCCCO)CC1)C(=O)OC(C)(C)C. The summed E-state index contributed by atoms with van der Waals surface area (Å²) < 4.78 is 11.2. The van der Waals surface area contributed by atoms with Crippen LogP contribution >= 0.6 is 0 Å². The summed E-state index contributed by atoms with van der Waals surface area (Å²) in [6.45, 7) is 7.40. The van der Waals surface area contributed by atoms with Crippen molar-refractivity contribution in [2.24, 2.45) is 5.92 Å². The molecule has 0 atom stereocenters. The van der Waals surface area contributed by atoms with Crippen molar-refractivity contribution in [3.63, 3.8) is 0 Å². The average Bonchev–Trinajstić information content (AvgIpc) is 2.43. The van der Waals surface area contributed by atoms with Gasteiger partial charge in [-0.1, -0.05) is 0 Å². The van der Waals surface area contributed by atoms with Crippen molar-refractivity contribution in [2.45, 2.75) is 71.0 Å². The predicted octanol–water partition coefficient (Wildman–Crippen LogP) is 3.20. The lowest BCUT2D eigenvalue weighted by Crippen LogP contribution is -2.38. The Hall–Kier alpha value is -0.810. The average molecular weight is 315 g/mol. The molecule has 0 aromatic rings. The molecule has 0 heterocycles. The third-order valence-corrected chi connectivity index (χ3v) is 3.94. The van der Waals surface area contributed by atoms with E-state index in [4.69, 9.17) is 14.6 Å². The van der Waals surface area contributed by atoms with Crippen LogP contribution in [-0.2, 0) is 9.47 Å². The summed E-state index contributed by atoms with van der Waals surface area (Å²) in [5.41, 5.74) is -0.439. The molecule has 0 saturated heterocycles. The number of nitrogens with zero attached hydrogens (tertiary/aromatic N) is 1. The zero-order valence-electron chi connectivity index (χ0n) is 14.6. The molecule has 0 unspecified atom stereocenters. The van der Waals surface area contributed by atoms with E-state index < -0.39 is 5.60 Å². The number of carbonyl (C=O) groups excluding carboxylic acids is 1. The molecule has 1 rings (SSSR count). The second kappa shape index (κ2) is 9.36. The molecule has 1 saturated carbocycles. The van der Waals surface area contributed by atoms with Gasteiger partial charge in [-0.05, 0) is 65.2 Å². The summed E-state index contributed by atoms with van der Waals surface area (Å²) in [6.07, 6.45) is 6.16. The van der Waals surface area contributed by atoms with Gasteiger partial charge in [-0.15, -0.1) is 0 Å². The van der Waals surface area contributed by atoms with Crippen LogP contribution in [0.2, 0.25) is 0 Å². The fraction of sp³-hybridized carbons (Fsp3) is 0.941. The summed E-state index contributed by atoms with van der Waals surface area (Å²) >= 11 is 0. The summed E-state index contributed by atoms with van der Waals surface area (Å²) in [4.78, 5) is 13.7. The first-order valence-corrected chi connectivity index (χ1v) is 8.48. The molecule has 130 valence electrons. The number of aliphatic hydroxyl groups is 1. The van der Waals surface area contributed by atoms with E-state index in [0.717, 1.165) is 51.7 Å². The molecule has 0 aromatic heterocycles. The Bertz CT molecular complexity index is 319. The molecule has 22 heavy (non-hydrogen) atoms. The lowest BCUT2D eigenvalue weighted by Gasteiger charge is -2.32. The Morgan fingerprint density at radius 2 is 1.82 bits per heavy atom. The molecular weight excluding hydrogens is 282 g/mol. The molecule has 1 N–H and O–H groups in total. The maximum Gasteiger partial charge on any atom is 0.410 e. The minimum absolute atomic E-state index is 0.241. The van der Waals surface area contributed by atoms with Crippen molar-refractivity contribution in [3.05, 3.63) is 0 Å². The highest BCUT2D eigenvalue weighted by molar-refractivity contribution is 5.67. The topological polar surface area (TPSA) is 59.0 Å². The Balaban J connectivity index is 2.20. The van der Waals surface area contributed by atoms with Crippen LogP contribution in [-0.4, -0.2) is 54.6 Å². The van der Waals surface area contributed by atoms with E-state index in [2.05, 4.69) is 0 Å². The molecule has 1 aliphatic rings. The van der Waals surface area contributed by atoms with Crippen molar-refractivity contribution in [1.29, 1.82) is 0 Å². The summed E-state index contributed by atoms with van der Waals surface area (Å²) in [5, 5.41) is 8.74. The number of rotatable bonds is 7. The van der Waals surface area contributed by atoms with Gasteiger partial charge in [0.25, 0.3) is 0 Å². The first-order chi connectivity index (χ1) is 10.3. The molecule has 0 aromatic carbocycles. The molecule has 0 bridgehead atoms. The van der Waals surface area contributed by atoms with Gasteiger partial charge in [-0.25, -0.2) is 4.79 Å². The minimum atomic E-state index is -0.439. The van der Waals surface area contributed by atoms with E-state index in [-0.39, 0.29) is 12.7 Å². The van der Waals surface area contributed by atoms with Gasteiger partial charge in [0.1, 0.15) is 5.60 Å². The van der Waals surface area contributed by atoms with Crippen molar-refractivity contribution in [2.75, 3.05) is 26.8 Å². The number of ether oxygens (including phenoxy) is 2. The highest BCUT2D eigenvalue weighted by Crippen LogP contribution is 2.27. The number of carbonyl (C=O) groups is 1. The highest BCUT2D eigenvalue weighted by Gasteiger charge is 2.25. The number of hydrogen-bond donors (Lipinski definition) is 1. The second-order valence-corrected chi connectivity index (χ2v) is 7.31. The van der Waals surface area contributed by atoms with Crippen molar-refractivity contribution in [3.8, 4) is 0 Å². The molecule has 5 nitrogen and oxygen atoms in total. The predicted molar refractivity (Wildman–Crippen MR) is 86.9 cm³/mol. The van der Waals surface area contributed by atoms with Crippen LogP contribution in [0.3, 0.4) is 0 Å². The molecule has 1 aliphatic carbocycles. The molecule has 1 amide bonds. The maximum absolute atomic E-state index is 12.0.